The van der Waals surface area contributed by atoms with Gasteiger partial charge in [-0.05, 0) is 18.1 Å². The van der Waals surface area contributed by atoms with Crippen LogP contribution < -0.4 is 16.4 Å². The average Bonchev–Trinajstić information content (AvgIpc) is 2.49. The van der Waals surface area contributed by atoms with Gasteiger partial charge in [0.1, 0.15) is 5.82 Å². The molecule has 0 heterocycles. The molecule has 0 aromatic heterocycles. The molecular formula is C15H23ClFN3O2. The molecule has 2 amide bonds. The van der Waals surface area contributed by atoms with Crippen molar-refractivity contribution in [1.29, 1.82) is 0 Å². The Morgan fingerprint density at radius 3 is 2.41 bits per heavy atom. The molecule has 0 aliphatic carbocycles. The fourth-order valence-corrected chi connectivity index (χ4v) is 1.73. The van der Waals surface area contributed by atoms with E-state index in [9.17, 15) is 14.0 Å². The molecule has 22 heavy (non-hydrogen) atoms. The predicted octanol–water partition coefficient (Wildman–Crippen LogP) is 1.47. The van der Waals surface area contributed by atoms with Gasteiger partial charge in [-0.25, -0.2) is 4.39 Å². The summed E-state index contributed by atoms with van der Waals surface area (Å²) in [5, 5.41) is 5.19. The zero-order valence-corrected chi connectivity index (χ0v) is 13.6. The normalized spacial score (nSPS) is 12.7. The van der Waals surface area contributed by atoms with Crippen LogP contribution in [0.3, 0.4) is 0 Å². The van der Waals surface area contributed by atoms with Crippen molar-refractivity contribution in [3.05, 3.63) is 35.6 Å². The van der Waals surface area contributed by atoms with E-state index >= 15 is 0 Å². The molecule has 1 aromatic carbocycles. The minimum Gasteiger partial charge on any atom is -0.353 e. The molecule has 124 valence electrons. The zero-order valence-electron chi connectivity index (χ0n) is 12.8. The lowest BCUT2D eigenvalue weighted by Crippen LogP contribution is -2.46. The number of carbonyl (C=O) groups excluding carboxylic acids is 2. The van der Waals surface area contributed by atoms with Crippen molar-refractivity contribution in [1.82, 2.24) is 10.6 Å². The molecule has 2 unspecified atom stereocenters. The highest BCUT2D eigenvalue weighted by molar-refractivity contribution is 5.94. The maximum absolute atomic E-state index is 13.4. The summed E-state index contributed by atoms with van der Waals surface area (Å²) < 4.78 is 13.4. The lowest BCUT2D eigenvalue weighted by molar-refractivity contribution is -0.123. The van der Waals surface area contributed by atoms with E-state index in [0.717, 1.165) is 6.42 Å². The largest absolute Gasteiger partial charge is 0.353 e. The summed E-state index contributed by atoms with van der Waals surface area (Å²) in [6.07, 6.45) is 0.818. The summed E-state index contributed by atoms with van der Waals surface area (Å²) in [7, 11) is 0. The highest BCUT2D eigenvalue weighted by Gasteiger charge is 2.18. The lowest BCUT2D eigenvalue weighted by Gasteiger charge is -2.17. The smallest absolute Gasteiger partial charge is 0.254 e. The fourth-order valence-electron chi connectivity index (χ4n) is 1.73. The number of benzene rings is 1. The molecule has 7 heteroatoms. The molecule has 2 atom stereocenters. The van der Waals surface area contributed by atoms with Crippen molar-refractivity contribution < 1.29 is 14.0 Å². The van der Waals surface area contributed by atoms with Crippen LogP contribution in [0.5, 0.6) is 0 Å². The summed E-state index contributed by atoms with van der Waals surface area (Å²) in [6, 6.07) is 5.18. The number of hydrogen-bond acceptors (Lipinski definition) is 3. The average molecular weight is 332 g/mol. The standard InChI is InChI=1S/C15H22FN3O2.ClH/c1-3-10(2)13(17)15(21)19-9-8-18-14(20)11-6-4-5-7-12(11)16;/h4-7,10,13H,3,8-9,17H2,1-2H3,(H,18,20)(H,19,21);1H. The molecule has 0 fully saturated rings. The van der Waals surface area contributed by atoms with Gasteiger partial charge in [0.05, 0.1) is 11.6 Å². The van der Waals surface area contributed by atoms with Crippen molar-refractivity contribution in [2.75, 3.05) is 13.1 Å². The third kappa shape index (κ3) is 5.99. The Kier molecular flexibility index (Phi) is 9.37. The van der Waals surface area contributed by atoms with Crippen molar-refractivity contribution >= 4 is 24.2 Å². The van der Waals surface area contributed by atoms with Crippen LogP contribution in [0.2, 0.25) is 0 Å². The molecular weight excluding hydrogens is 309 g/mol. The number of nitrogens with two attached hydrogens (primary N) is 1. The van der Waals surface area contributed by atoms with E-state index in [-0.39, 0.29) is 42.9 Å². The topological polar surface area (TPSA) is 84.2 Å². The van der Waals surface area contributed by atoms with Crippen molar-refractivity contribution in [3.8, 4) is 0 Å². The van der Waals surface area contributed by atoms with Crippen LogP contribution in [0.25, 0.3) is 0 Å². The quantitative estimate of drug-likeness (QED) is 0.661. The van der Waals surface area contributed by atoms with Crippen LogP contribution in [0, 0.1) is 11.7 Å². The summed E-state index contributed by atoms with van der Waals surface area (Å²) in [4.78, 5) is 23.4. The Bertz CT molecular complexity index is 499. The van der Waals surface area contributed by atoms with E-state index in [2.05, 4.69) is 10.6 Å². The lowest BCUT2D eigenvalue weighted by atomic mass is 9.99. The van der Waals surface area contributed by atoms with Gasteiger partial charge in [0.15, 0.2) is 0 Å². The highest BCUT2D eigenvalue weighted by atomic mass is 35.5. The van der Waals surface area contributed by atoms with Gasteiger partial charge in [-0.2, -0.15) is 0 Å². The third-order valence-corrected chi connectivity index (χ3v) is 3.39. The van der Waals surface area contributed by atoms with Crippen LogP contribution >= 0.6 is 12.4 Å². The number of nitrogens with one attached hydrogen (secondary N) is 2. The second-order valence-electron chi connectivity index (χ2n) is 4.94. The van der Waals surface area contributed by atoms with Gasteiger partial charge in [0.25, 0.3) is 5.91 Å². The first-order valence-corrected chi connectivity index (χ1v) is 7.03. The minimum absolute atomic E-state index is 0. The van der Waals surface area contributed by atoms with E-state index in [1.807, 2.05) is 13.8 Å². The number of halogens is 2. The van der Waals surface area contributed by atoms with Gasteiger partial charge in [-0.1, -0.05) is 32.4 Å². The SMILES string of the molecule is CCC(C)C(N)C(=O)NCCNC(=O)c1ccccc1F.Cl. The first-order valence-electron chi connectivity index (χ1n) is 7.03. The molecule has 4 N–H and O–H groups in total. The first-order chi connectivity index (χ1) is 9.97. The van der Waals surface area contributed by atoms with Crippen molar-refractivity contribution in [2.45, 2.75) is 26.3 Å². The van der Waals surface area contributed by atoms with Crippen LogP contribution in [0.1, 0.15) is 30.6 Å². The summed E-state index contributed by atoms with van der Waals surface area (Å²) in [6.45, 7) is 4.34. The second-order valence-corrected chi connectivity index (χ2v) is 4.94. The van der Waals surface area contributed by atoms with Crippen molar-refractivity contribution in [2.24, 2.45) is 11.7 Å². The van der Waals surface area contributed by atoms with E-state index < -0.39 is 17.8 Å². The Balaban J connectivity index is 0.00000441. The van der Waals surface area contributed by atoms with Gasteiger partial charge in [0, 0.05) is 13.1 Å². The van der Waals surface area contributed by atoms with Crippen LogP contribution in [-0.4, -0.2) is 30.9 Å². The predicted molar refractivity (Wildman–Crippen MR) is 86.4 cm³/mol. The monoisotopic (exact) mass is 331 g/mol. The second kappa shape index (κ2) is 10.1. The number of rotatable bonds is 7. The number of carbonyl (C=O) groups is 2. The molecule has 1 aromatic rings. The zero-order chi connectivity index (χ0) is 15.8. The molecule has 1 rings (SSSR count). The van der Waals surface area contributed by atoms with Gasteiger partial charge < -0.3 is 16.4 Å². The Morgan fingerprint density at radius 1 is 1.23 bits per heavy atom. The maximum atomic E-state index is 13.4. The van der Waals surface area contributed by atoms with Crippen molar-refractivity contribution in [3.63, 3.8) is 0 Å². The Hall–Kier alpha value is -1.66. The third-order valence-electron chi connectivity index (χ3n) is 3.39. The molecule has 0 radical (unpaired) electrons. The first kappa shape index (κ1) is 20.3. The molecule has 0 saturated carbocycles. The van der Waals surface area contributed by atoms with E-state index in [0.29, 0.717) is 0 Å². The summed E-state index contributed by atoms with van der Waals surface area (Å²) >= 11 is 0. The molecule has 0 saturated heterocycles. The van der Waals surface area contributed by atoms with E-state index in [4.69, 9.17) is 5.73 Å². The Morgan fingerprint density at radius 2 is 1.82 bits per heavy atom. The van der Waals surface area contributed by atoms with E-state index in [1.165, 1.54) is 18.2 Å². The van der Waals surface area contributed by atoms with Crippen LogP contribution in [0.15, 0.2) is 24.3 Å². The molecule has 5 nitrogen and oxygen atoms in total. The number of hydrogen-bond donors (Lipinski definition) is 3. The van der Waals surface area contributed by atoms with Crippen LogP contribution in [0.4, 0.5) is 4.39 Å². The molecule has 0 bridgehead atoms. The minimum atomic E-state index is -0.571. The maximum Gasteiger partial charge on any atom is 0.254 e. The van der Waals surface area contributed by atoms with Gasteiger partial charge in [-0.3, -0.25) is 9.59 Å². The number of amides is 2. The summed E-state index contributed by atoms with van der Waals surface area (Å²) in [5.41, 5.74) is 5.76. The van der Waals surface area contributed by atoms with Crippen LogP contribution in [-0.2, 0) is 4.79 Å². The fraction of sp³-hybridized carbons (Fsp3) is 0.467. The summed E-state index contributed by atoms with van der Waals surface area (Å²) in [5.74, 6) is -1.23. The molecule has 0 spiro atoms. The molecule has 0 aliphatic rings. The molecule has 0 aliphatic heterocycles. The van der Waals surface area contributed by atoms with Gasteiger partial charge in [-0.15, -0.1) is 12.4 Å². The van der Waals surface area contributed by atoms with E-state index in [1.54, 1.807) is 6.07 Å². The van der Waals surface area contributed by atoms with Gasteiger partial charge in [0.2, 0.25) is 5.91 Å². The highest BCUT2D eigenvalue weighted by Crippen LogP contribution is 2.06. The van der Waals surface area contributed by atoms with Gasteiger partial charge >= 0.3 is 0 Å². The Labute approximate surface area is 136 Å².